The first-order chi connectivity index (χ1) is 34.8. The van der Waals surface area contributed by atoms with Crippen LogP contribution in [0.3, 0.4) is 0 Å². The predicted octanol–water partition coefficient (Wildman–Crippen LogP) is 18.3. The van der Waals surface area contributed by atoms with Gasteiger partial charge in [-0.1, -0.05) is 210 Å². The highest BCUT2D eigenvalue weighted by Crippen LogP contribution is 2.66. The van der Waals surface area contributed by atoms with E-state index in [2.05, 4.69) is 280 Å². The van der Waals surface area contributed by atoms with Crippen LogP contribution in [0.1, 0.15) is 73.9 Å². The number of benzene rings is 10. The van der Waals surface area contributed by atoms with Gasteiger partial charge in [-0.15, -0.1) is 0 Å². The number of rotatable bonds is 12. The van der Waals surface area contributed by atoms with Gasteiger partial charge in [0.25, 0.3) is 0 Å². The molecule has 0 aliphatic heterocycles. The topological polar surface area (TPSA) is 6.48 Å². The third-order valence-electron chi connectivity index (χ3n) is 16.3. The van der Waals surface area contributed by atoms with Gasteiger partial charge in [0.1, 0.15) is 0 Å². The molecule has 0 N–H and O–H groups in total. The van der Waals surface area contributed by atoms with Crippen LogP contribution in [-0.2, 0) is 16.5 Å². The molecule has 13 rings (SSSR count). The van der Waals surface area contributed by atoms with Gasteiger partial charge in [0.15, 0.2) is 0 Å². The van der Waals surface area contributed by atoms with Gasteiger partial charge in [-0.3, -0.25) is 0 Å². The van der Waals surface area contributed by atoms with Crippen molar-refractivity contribution in [2.24, 2.45) is 0 Å². The van der Waals surface area contributed by atoms with E-state index in [9.17, 15) is 0 Å². The zero-order chi connectivity index (χ0) is 47.9. The summed E-state index contributed by atoms with van der Waals surface area (Å²) < 4.78 is 0. The van der Waals surface area contributed by atoms with Gasteiger partial charge >= 0.3 is 0 Å². The minimum atomic E-state index is -0.284. The van der Waals surface area contributed by atoms with Crippen LogP contribution in [0.15, 0.2) is 243 Å². The van der Waals surface area contributed by atoms with E-state index in [4.69, 9.17) is 0 Å². The molecule has 10 aromatic rings. The van der Waals surface area contributed by atoms with Crippen molar-refractivity contribution in [2.45, 2.75) is 57.0 Å². The summed E-state index contributed by atoms with van der Waals surface area (Å²) in [6.45, 7) is 9.64. The maximum absolute atomic E-state index is 2.63. The van der Waals surface area contributed by atoms with Crippen LogP contribution in [0.25, 0.3) is 55.6 Å². The van der Waals surface area contributed by atoms with Crippen molar-refractivity contribution in [3.05, 3.63) is 276 Å². The summed E-state index contributed by atoms with van der Waals surface area (Å²) >= 11 is 0. The first-order valence-electron chi connectivity index (χ1n) is 25.5. The van der Waals surface area contributed by atoms with E-state index in [-0.39, 0.29) is 16.5 Å². The lowest BCUT2D eigenvalue weighted by Gasteiger charge is -2.35. The fourth-order valence-electron chi connectivity index (χ4n) is 12.5. The predicted molar refractivity (Wildman–Crippen MR) is 298 cm³/mol. The Hall–Kier alpha value is -8.20. The molecule has 0 aromatic heterocycles. The highest BCUT2D eigenvalue weighted by molar-refractivity contribution is 5.91. The first-order valence-corrected chi connectivity index (χ1v) is 25.5. The molecule has 2 nitrogen and oxygen atoms in total. The van der Waals surface area contributed by atoms with Crippen LogP contribution in [0, 0.1) is 0 Å². The Labute approximate surface area is 419 Å². The summed E-state index contributed by atoms with van der Waals surface area (Å²) in [4.78, 5) is 5.26. The third kappa shape index (κ3) is 6.69. The fraction of sp³-hybridized carbons (Fsp3) is 0.130. The number of nitrogens with zero attached hydrogens (tertiary/aromatic N) is 2. The molecule has 0 amide bonds. The maximum atomic E-state index is 2.63. The molecule has 0 fully saturated rings. The largest absolute Gasteiger partial charge is 0.327 e. The first kappa shape index (κ1) is 42.9. The van der Waals surface area contributed by atoms with Crippen LogP contribution in [0.5, 0.6) is 0 Å². The van der Waals surface area contributed by atoms with Crippen molar-refractivity contribution in [3.63, 3.8) is 0 Å². The monoisotopic (exact) mass is 912 g/mol. The summed E-state index contributed by atoms with van der Waals surface area (Å²) in [6, 6.07) is 90.1. The molecule has 0 saturated heterocycles. The second kappa shape index (κ2) is 16.5. The molecule has 71 heavy (non-hydrogen) atoms. The second-order valence-corrected chi connectivity index (χ2v) is 20.3. The summed E-state index contributed by atoms with van der Waals surface area (Å²) in [7, 11) is 0. The molecule has 0 spiro atoms. The van der Waals surface area contributed by atoms with Crippen molar-refractivity contribution >= 4 is 22.7 Å². The highest BCUT2D eigenvalue weighted by atomic mass is 15.3. The minimum absolute atomic E-state index is 0.183. The zero-order valence-corrected chi connectivity index (χ0v) is 40.9. The lowest BCUT2D eigenvalue weighted by atomic mass is 9.82. The van der Waals surface area contributed by atoms with Gasteiger partial charge in [-0.05, 0) is 163 Å². The molecule has 2 atom stereocenters. The van der Waals surface area contributed by atoms with Crippen LogP contribution in [-0.4, -0.2) is 0 Å². The summed E-state index contributed by atoms with van der Waals surface area (Å²) in [5.74, 6) is 0. The fourth-order valence-corrected chi connectivity index (χ4v) is 12.5. The van der Waals surface area contributed by atoms with Gasteiger partial charge in [-0.25, -0.2) is 0 Å². The Morgan fingerprint density at radius 3 is 0.732 bits per heavy atom. The quantitative estimate of drug-likeness (QED) is 0.120. The van der Waals surface area contributed by atoms with Gasteiger partial charge in [0.2, 0.25) is 0 Å². The number of hydrogen-bond acceptors (Lipinski definition) is 2. The average Bonchev–Trinajstić information content (AvgIpc) is 4.28. The van der Waals surface area contributed by atoms with E-state index in [1.165, 1.54) is 112 Å². The molecule has 2 unspecified atom stereocenters. The molecule has 342 valence electrons. The lowest BCUT2D eigenvalue weighted by molar-refractivity contribution is 0.606. The molecule has 2 heteroatoms. The zero-order valence-electron chi connectivity index (χ0n) is 40.9. The van der Waals surface area contributed by atoms with Gasteiger partial charge in [0.05, 0.1) is 11.1 Å². The van der Waals surface area contributed by atoms with E-state index in [1.807, 2.05) is 0 Å². The molecular formula is C69H56N2. The Morgan fingerprint density at radius 1 is 0.268 bits per heavy atom. The van der Waals surface area contributed by atoms with Gasteiger partial charge in [0, 0.05) is 28.2 Å². The molecule has 3 aliphatic carbocycles. The van der Waals surface area contributed by atoms with Gasteiger partial charge in [-0.2, -0.15) is 0 Å². The second-order valence-electron chi connectivity index (χ2n) is 20.3. The van der Waals surface area contributed by atoms with E-state index in [0.29, 0.717) is 0 Å². The van der Waals surface area contributed by atoms with Crippen molar-refractivity contribution in [1.29, 1.82) is 0 Å². The number of fused-ring (bicyclic) bond motifs is 5. The molecule has 0 radical (unpaired) electrons. The van der Waals surface area contributed by atoms with Crippen LogP contribution in [0.4, 0.5) is 22.7 Å². The standard InChI is InChI=1S/C69H56N2/c1-5-68(70(55-35-27-51(28-36-55)47-19-11-7-12-20-47)56-37-29-52(30-38-56)48-21-13-8-14-22-48)63-43-59-60-44-64-66(46-62(60)67(3,4)61(59)45-65(63)68)69(64,6-2)71(57-39-31-53(32-40-57)49-23-15-9-16-24-49)58-41-33-54(34-42-58)50-25-17-10-18-26-50/h7-46H,5-6H2,1-4H3. The van der Waals surface area contributed by atoms with E-state index in [0.717, 1.165) is 12.8 Å². The van der Waals surface area contributed by atoms with E-state index >= 15 is 0 Å². The van der Waals surface area contributed by atoms with Gasteiger partial charge < -0.3 is 9.80 Å². The Bertz CT molecular complexity index is 3180. The normalized spacial score (nSPS) is 17.4. The van der Waals surface area contributed by atoms with Crippen molar-refractivity contribution < 1.29 is 0 Å². The molecule has 0 bridgehead atoms. The summed E-state index contributed by atoms with van der Waals surface area (Å²) in [5.41, 5.74) is 25.2. The SMILES string of the molecule is CCC1(N(c2ccc(-c3ccccc3)cc2)c2ccc(-c3ccccc3)cc2)c2cc3c(cc21)C(C)(C)c1cc2c(cc1-3)C2(CC)N(c1ccc(-c2ccccc2)cc1)c1ccc(-c2ccccc2)cc1. The Morgan fingerprint density at radius 2 is 0.493 bits per heavy atom. The maximum Gasteiger partial charge on any atom is 0.0960 e. The molecule has 10 aromatic carbocycles. The Balaban J connectivity index is 0.907. The highest BCUT2D eigenvalue weighted by Gasteiger charge is 2.59. The number of anilines is 4. The van der Waals surface area contributed by atoms with E-state index in [1.54, 1.807) is 0 Å². The third-order valence-corrected chi connectivity index (χ3v) is 16.3. The van der Waals surface area contributed by atoms with Crippen molar-refractivity contribution in [2.75, 3.05) is 9.80 Å². The summed E-state index contributed by atoms with van der Waals surface area (Å²) in [5, 5.41) is 0. The van der Waals surface area contributed by atoms with Crippen LogP contribution < -0.4 is 9.80 Å². The average molecular weight is 913 g/mol. The molecule has 0 saturated carbocycles. The molecular weight excluding hydrogens is 857 g/mol. The lowest BCUT2D eigenvalue weighted by Crippen LogP contribution is -2.32. The number of hydrogen-bond donors (Lipinski definition) is 0. The van der Waals surface area contributed by atoms with E-state index < -0.39 is 0 Å². The smallest absolute Gasteiger partial charge is 0.0960 e. The molecule has 0 heterocycles. The summed E-state index contributed by atoms with van der Waals surface area (Å²) in [6.07, 6.45) is 1.90. The minimum Gasteiger partial charge on any atom is -0.327 e. The Kier molecular flexibility index (Phi) is 9.94. The molecule has 3 aliphatic rings. The van der Waals surface area contributed by atoms with Crippen LogP contribution in [0.2, 0.25) is 0 Å². The van der Waals surface area contributed by atoms with Crippen molar-refractivity contribution in [1.82, 2.24) is 0 Å². The van der Waals surface area contributed by atoms with Crippen molar-refractivity contribution in [3.8, 4) is 55.6 Å². The van der Waals surface area contributed by atoms with Crippen LogP contribution >= 0.6 is 0 Å².